The van der Waals surface area contributed by atoms with Crippen LogP contribution >= 0.6 is 0 Å². The Balaban J connectivity index is 1.77. The molecule has 0 saturated carbocycles. The van der Waals surface area contributed by atoms with Crippen LogP contribution in [-0.2, 0) is 6.54 Å². The Morgan fingerprint density at radius 3 is 2.95 bits per heavy atom. The lowest BCUT2D eigenvalue weighted by atomic mass is 10.0. The third-order valence-corrected chi connectivity index (χ3v) is 3.70. The molecule has 1 amide bonds. The molecule has 0 unspecified atom stereocenters. The minimum Gasteiger partial charge on any atom is -0.348 e. The van der Waals surface area contributed by atoms with E-state index in [0.29, 0.717) is 12.5 Å². The number of rotatable bonds is 2. The van der Waals surface area contributed by atoms with Crippen LogP contribution in [0.5, 0.6) is 0 Å². The minimum atomic E-state index is -0.0327. The van der Waals surface area contributed by atoms with Gasteiger partial charge in [0.05, 0.1) is 5.69 Å². The van der Waals surface area contributed by atoms with E-state index in [0.717, 1.165) is 27.9 Å². The number of nitrogens with zero attached hydrogens (tertiary/aromatic N) is 5. The van der Waals surface area contributed by atoms with E-state index >= 15 is 0 Å². The average Bonchev–Trinajstić information content (AvgIpc) is 3.17. The summed E-state index contributed by atoms with van der Waals surface area (Å²) in [6.07, 6.45) is 4.73. The second kappa shape index (κ2) is 4.73. The summed E-state index contributed by atoms with van der Waals surface area (Å²) in [5, 5.41) is 6.83. The van der Waals surface area contributed by atoms with Crippen LogP contribution in [0.1, 0.15) is 21.6 Å². The van der Waals surface area contributed by atoms with E-state index < -0.39 is 0 Å². The molecule has 0 aliphatic carbocycles. The summed E-state index contributed by atoms with van der Waals surface area (Å²) in [6, 6.07) is 5.84. The maximum Gasteiger partial charge on any atom is 0.252 e. The number of carbonyl (C=O) groups excluding carboxylic acids is 1. The molecule has 1 aromatic carbocycles. The summed E-state index contributed by atoms with van der Waals surface area (Å²) in [5.74, 6) is 0.437. The summed E-state index contributed by atoms with van der Waals surface area (Å²) >= 11 is 0. The van der Waals surface area contributed by atoms with Gasteiger partial charge in [-0.2, -0.15) is 9.78 Å². The van der Waals surface area contributed by atoms with Crippen molar-refractivity contribution in [1.29, 1.82) is 0 Å². The second-order valence-corrected chi connectivity index (χ2v) is 5.06. The normalized spacial score (nSPS) is 13.0. The zero-order chi connectivity index (χ0) is 15.1. The molecular formula is C15H12N6O. The first-order valence-electron chi connectivity index (χ1n) is 6.82. The van der Waals surface area contributed by atoms with Crippen molar-refractivity contribution in [3.8, 4) is 17.1 Å². The topological polar surface area (TPSA) is 85.6 Å². The molecule has 1 N–H and O–H groups in total. The van der Waals surface area contributed by atoms with Gasteiger partial charge in [0.2, 0.25) is 0 Å². The first-order chi connectivity index (χ1) is 10.7. The van der Waals surface area contributed by atoms with E-state index in [1.807, 2.05) is 25.1 Å². The molecule has 0 spiro atoms. The monoisotopic (exact) mass is 292 g/mol. The van der Waals surface area contributed by atoms with E-state index in [1.165, 1.54) is 11.0 Å². The standard InChI is InChI=1S/C15H12N6O/c1-9-13(6-18-15(20-9)21-8-16-7-19-21)10-2-3-11-5-17-14(22)12(11)4-10/h2-4,6-8H,5H2,1H3,(H,17,22). The van der Waals surface area contributed by atoms with E-state index in [9.17, 15) is 4.79 Å². The van der Waals surface area contributed by atoms with Gasteiger partial charge in [0.1, 0.15) is 12.7 Å². The lowest BCUT2D eigenvalue weighted by Crippen LogP contribution is -2.12. The molecule has 1 aliphatic heterocycles. The van der Waals surface area contributed by atoms with E-state index in [1.54, 1.807) is 12.5 Å². The molecule has 7 heteroatoms. The van der Waals surface area contributed by atoms with Gasteiger partial charge in [-0.1, -0.05) is 12.1 Å². The Hall–Kier alpha value is -3.09. The minimum absolute atomic E-state index is 0.0327. The van der Waals surface area contributed by atoms with E-state index in [2.05, 4.69) is 25.4 Å². The molecule has 0 saturated heterocycles. The number of amides is 1. The van der Waals surface area contributed by atoms with Gasteiger partial charge in [0, 0.05) is 23.9 Å². The third-order valence-electron chi connectivity index (χ3n) is 3.70. The van der Waals surface area contributed by atoms with Crippen LogP contribution in [0.25, 0.3) is 17.1 Å². The molecule has 3 aromatic rings. The van der Waals surface area contributed by atoms with Crippen LogP contribution in [0, 0.1) is 6.92 Å². The van der Waals surface area contributed by atoms with Gasteiger partial charge in [0.15, 0.2) is 0 Å². The maximum absolute atomic E-state index is 11.8. The fraction of sp³-hybridized carbons (Fsp3) is 0.133. The first kappa shape index (κ1) is 12.6. The van der Waals surface area contributed by atoms with Gasteiger partial charge in [-0.25, -0.2) is 15.0 Å². The number of nitrogens with one attached hydrogen (secondary N) is 1. The lowest BCUT2D eigenvalue weighted by Gasteiger charge is -2.08. The van der Waals surface area contributed by atoms with Gasteiger partial charge >= 0.3 is 0 Å². The number of aromatic nitrogens is 5. The molecule has 1 aliphatic rings. The van der Waals surface area contributed by atoms with Gasteiger partial charge in [-0.15, -0.1) is 0 Å². The molecule has 0 radical (unpaired) electrons. The van der Waals surface area contributed by atoms with Crippen molar-refractivity contribution in [2.24, 2.45) is 0 Å². The Morgan fingerprint density at radius 1 is 1.27 bits per heavy atom. The number of fused-ring (bicyclic) bond motifs is 1. The highest BCUT2D eigenvalue weighted by Gasteiger charge is 2.19. The molecule has 7 nitrogen and oxygen atoms in total. The summed E-state index contributed by atoms with van der Waals surface area (Å²) in [4.78, 5) is 24.4. The predicted octanol–water partition coefficient (Wildman–Crippen LogP) is 1.28. The Kier molecular flexibility index (Phi) is 2.72. The molecule has 0 atom stereocenters. The first-order valence-corrected chi connectivity index (χ1v) is 6.82. The van der Waals surface area contributed by atoms with Crippen LogP contribution in [0.2, 0.25) is 0 Å². The Bertz CT molecular complexity index is 872. The number of carbonyl (C=O) groups is 1. The van der Waals surface area contributed by atoms with Gasteiger partial charge in [-0.3, -0.25) is 4.79 Å². The van der Waals surface area contributed by atoms with Gasteiger partial charge in [-0.05, 0) is 24.1 Å². The number of hydrogen-bond donors (Lipinski definition) is 1. The molecule has 4 rings (SSSR count). The second-order valence-electron chi connectivity index (χ2n) is 5.06. The summed E-state index contributed by atoms with van der Waals surface area (Å²) in [5.41, 5.74) is 4.38. The fourth-order valence-electron chi connectivity index (χ4n) is 2.54. The quantitative estimate of drug-likeness (QED) is 0.769. The van der Waals surface area contributed by atoms with Crippen molar-refractivity contribution in [3.05, 3.63) is 53.9 Å². The molecule has 108 valence electrons. The average molecular weight is 292 g/mol. The summed E-state index contributed by atoms with van der Waals surface area (Å²) in [6.45, 7) is 2.50. The zero-order valence-electron chi connectivity index (χ0n) is 11.8. The van der Waals surface area contributed by atoms with Crippen molar-refractivity contribution in [2.45, 2.75) is 13.5 Å². The fourth-order valence-corrected chi connectivity index (χ4v) is 2.54. The highest BCUT2D eigenvalue weighted by molar-refractivity contribution is 5.99. The van der Waals surface area contributed by atoms with Crippen LogP contribution in [0.4, 0.5) is 0 Å². The molecule has 0 fully saturated rings. The number of aryl methyl sites for hydroxylation is 1. The van der Waals surface area contributed by atoms with E-state index in [-0.39, 0.29) is 5.91 Å². The number of benzene rings is 1. The van der Waals surface area contributed by atoms with Crippen molar-refractivity contribution < 1.29 is 4.79 Å². The van der Waals surface area contributed by atoms with Crippen LogP contribution in [0.3, 0.4) is 0 Å². The molecule has 3 heterocycles. The van der Waals surface area contributed by atoms with Crippen molar-refractivity contribution in [3.63, 3.8) is 0 Å². The zero-order valence-corrected chi connectivity index (χ0v) is 11.8. The van der Waals surface area contributed by atoms with E-state index in [4.69, 9.17) is 0 Å². The van der Waals surface area contributed by atoms with Crippen LogP contribution < -0.4 is 5.32 Å². The molecule has 2 aromatic heterocycles. The Morgan fingerprint density at radius 2 is 2.18 bits per heavy atom. The Labute approximate surface area is 126 Å². The van der Waals surface area contributed by atoms with Gasteiger partial charge < -0.3 is 5.32 Å². The van der Waals surface area contributed by atoms with Crippen LogP contribution in [0.15, 0.2) is 37.1 Å². The molecule has 0 bridgehead atoms. The number of hydrogen-bond acceptors (Lipinski definition) is 5. The molecular weight excluding hydrogens is 280 g/mol. The highest BCUT2D eigenvalue weighted by atomic mass is 16.1. The summed E-state index contributed by atoms with van der Waals surface area (Å²) in [7, 11) is 0. The SMILES string of the molecule is Cc1nc(-n2cncn2)ncc1-c1ccc2c(c1)C(=O)NC2. The van der Waals surface area contributed by atoms with Crippen molar-refractivity contribution >= 4 is 5.91 Å². The third kappa shape index (κ3) is 1.95. The van der Waals surface area contributed by atoms with Crippen LogP contribution in [-0.4, -0.2) is 30.6 Å². The predicted molar refractivity (Wildman–Crippen MR) is 78.3 cm³/mol. The van der Waals surface area contributed by atoms with Crippen molar-refractivity contribution in [1.82, 2.24) is 30.0 Å². The maximum atomic E-state index is 11.8. The van der Waals surface area contributed by atoms with Gasteiger partial charge in [0.25, 0.3) is 11.9 Å². The molecule has 22 heavy (non-hydrogen) atoms. The smallest absolute Gasteiger partial charge is 0.252 e. The highest BCUT2D eigenvalue weighted by Crippen LogP contribution is 2.26. The largest absolute Gasteiger partial charge is 0.348 e. The summed E-state index contributed by atoms with van der Waals surface area (Å²) < 4.78 is 1.51. The van der Waals surface area contributed by atoms with Crippen molar-refractivity contribution in [2.75, 3.05) is 0 Å². The lowest BCUT2D eigenvalue weighted by molar-refractivity contribution is 0.0966.